The van der Waals surface area contributed by atoms with Crippen LogP contribution in [0.2, 0.25) is 0 Å². The van der Waals surface area contributed by atoms with Gasteiger partial charge in [0.05, 0.1) is 10.6 Å². The fraction of sp³-hybridized carbons (Fsp3) is 0.333. The first-order chi connectivity index (χ1) is 10.1. The lowest BCUT2D eigenvalue weighted by molar-refractivity contribution is -0.384. The lowest BCUT2D eigenvalue weighted by atomic mass is 10.0. The highest BCUT2D eigenvalue weighted by Crippen LogP contribution is 2.30. The van der Waals surface area contributed by atoms with Crippen LogP contribution in [0, 0.1) is 10.1 Å². The molecule has 0 aromatic carbocycles. The molecule has 0 unspecified atom stereocenters. The topological polar surface area (TPSA) is 94.9 Å². The summed E-state index contributed by atoms with van der Waals surface area (Å²) in [6.45, 7) is 2.13. The first-order valence-corrected chi connectivity index (χ1v) is 6.97. The summed E-state index contributed by atoms with van der Waals surface area (Å²) < 4.78 is 0. The summed E-state index contributed by atoms with van der Waals surface area (Å²) in [6.07, 6.45) is 7.26. The molecule has 0 saturated carbocycles. The van der Waals surface area contributed by atoms with E-state index in [1.165, 1.54) is 6.07 Å². The smallest absolute Gasteiger partial charge is 0.311 e. The summed E-state index contributed by atoms with van der Waals surface area (Å²) in [7, 11) is 0. The number of nitrogens with two attached hydrogens (primary N) is 1. The molecule has 0 saturated heterocycles. The summed E-state index contributed by atoms with van der Waals surface area (Å²) in [5.74, 6) is -0.0238. The Labute approximate surface area is 123 Å². The third-order valence-electron chi connectivity index (χ3n) is 3.31. The van der Waals surface area contributed by atoms with Gasteiger partial charge >= 0.3 is 5.69 Å². The van der Waals surface area contributed by atoms with E-state index in [0.29, 0.717) is 0 Å². The largest absolute Gasteiger partial charge is 0.378 e. The molecule has 0 aliphatic rings. The third kappa shape index (κ3) is 3.53. The van der Waals surface area contributed by atoms with Crippen molar-refractivity contribution in [3.05, 3.63) is 46.4 Å². The molecule has 2 heterocycles. The monoisotopic (exact) mass is 286 g/mol. The summed E-state index contributed by atoms with van der Waals surface area (Å²) in [6, 6.07) is 5.15. The molecule has 2 N–H and O–H groups in total. The maximum absolute atomic E-state index is 11.1. The molecule has 2 aromatic heterocycles. The van der Waals surface area contributed by atoms with Gasteiger partial charge in [-0.25, -0.2) is 4.98 Å². The van der Waals surface area contributed by atoms with E-state index in [2.05, 4.69) is 16.9 Å². The second kappa shape index (κ2) is 6.78. The Kier molecular flexibility index (Phi) is 4.81. The quantitative estimate of drug-likeness (QED) is 0.499. The Morgan fingerprint density at radius 2 is 2.00 bits per heavy atom. The summed E-state index contributed by atoms with van der Waals surface area (Å²) in [5, 5.41) is 11.1. The highest BCUT2D eigenvalue weighted by molar-refractivity contribution is 5.71. The summed E-state index contributed by atoms with van der Waals surface area (Å²) in [4.78, 5) is 18.8. The van der Waals surface area contributed by atoms with E-state index in [-0.39, 0.29) is 11.5 Å². The second-order valence-electron chi connectivity index (χ2n) is 4.84. The van der Waals surface area contributed by atoms with Crippen LogP contribution < -0.4 is 5.73 Å². The molecular weight excluding hydrogens is 268 g/mol. The fourth-order valence-corrected chi connectivity index (χ4v) is 2.22. The van der Waals surface area contributed by atoms with Crippen molar-refractivity contribution < 1.29 is 4.92 Å². The van der Waals surface area contributed by atoms with Crippen LogP contribution in [0.3, 0.4) is 0 Å². The molecule has 6 nitrogen and oxygen atoms in total. The predicted molar refractivity (Wildman–Crippen MR) is 81.8 cm³/mol. The number of hydrogen-bond donors (Lipinski definition) is 1. The second-order valence-corrected chi connectivity index (χ2v) is 4.84. The lowest BCUT2D eigenvalue weighted by Crippen LogP contribution is -2.04. The number of nitro groups is 1. The minimum Gasteiger partial charge on any atom is -0.378 e. The Morgan fingerprint density at radius 3 is 2.62 bits per heavy atom. The molecule has 0 amide bonds. The van der Waals surface area contributed by atoms with Gasteiger partial charge in [-0.15, -0.1) is 0 Å². The molecular formula is C15H18N4O2. The van der Waals surface area contributed by atoms with E-state index in [1.54, 1.807) is 12.4 Å². The van der Waals surface area contributed by atoms with Crippen LogP contribution in [-0.2, 0) is 6.42 Å². The highest BCUT2D eigenvalue weighted by atomic mass is 16.6. The molecule has 0 spiro atoms. The van der Waals surface area contributed by atoms with Gasteiger partial charge in [0.2, 0.25) is 5.82 Å². The predicted octanol–water partition coefficient (Wildman–Crippen LogP) is 3.37. The van der Waals surface area contributed by atoms with E-state index in [9.17, 15) is 10.1 Å². The van der Waals surface area contributed by atoms with E-state index in [4.69, 9.17) is 5.73 Å². The number of nitrogens with zero attached hydrogens (tertiary/aromatic N) is 3. The summed E-state index contributed by atoms with van der Waals surface area (Å²) >= 11 is 0. The van der Waals surface area contributed by atoms with Crippen molar-refractivity contribution in [3.8, 4) is 11.1 Å². The maximum atomic E-state index is 11.1. The maximum Gasteiger partial charge on any atom is 0.311 e. The van der Waals surface area contributed by atoms with Gasteiger partial charge in [-0.3, -0.25) is 15.1 Å². The zero-order valence-electron chi connectivity index (χ0n) is 12.0. The Hall–Kier alpha value is -2.50. The van der Waals surface area contributed by atoms with Crippen LogP contribution in [0.5, 0.6) is 0 Å². The number of anilines is 1. The number of pyridine rings is 2. The van der Waals surface area contributed by atoms with Crippen LogP contribution in [0.25, 0.3) is 11.1 Å². The van der Waals surface area contributed by atoms with Crippen LogP contribution in [-0.4, -0.2) is 14.9 Å². The van der Waals surface area contributed by atoms with Gasteiger partial charge in [0.25, 0.3) is 0 Å². The molecule has 6 heteroatoms. The van der Waals surface area contributed by atoms with Crippen LogP contribution >= 0.6 is 0 Å². The first kappa shape index (κ1) is 14.9. The average Bonchev–Trinajstić information content (AvgIpc) is 2.48. The fourth-order valence-electron chi connectivity index (χ4n) is 2.22. The third-order valence-corrected chi connectivity index (χ3v) is 3.31. The summed E-state index contributed by atoms with van der Waals surface area (Å²) in [5.41, 5.74) is 7.99. The number of unbranched alkanes of at least 4 members (excludes halogenated alkanes) is 2. The molecule has 0 aliphatic heterocycles. The van der Waals surface area contributed by atoms with Gasteiger partial charge in [0, 0.05) is 24.0 Å². The molecule has 21 heavy (non-hydrogen) atoms. The zero-order valence-corrected chi connectivity index (χ0v) is 12.0. The van der Waals surface area contributed by atoms with Crippen LogP contribution in [0.4, 0.5) is 11.5 Å². The average molecular weight is 286 g/mol. The van der Waals surface area contributed by atoms with Crippen molar-refractivity contribution in [2.75, 3.05) is 5.73 Å². The van der Waals surface area contributed by atoms with E-state index >= 15 is 0 Å². The molecule has 0 bridgehead atoms. The van der Waals surface area contributed by atoms with Crippen LogP contribution in [0.1, 0.15) is 31.9 Å². The molecule has 2 aromatic rings. The van der Waals surface area contributed by atoms with Crippen molar-refractivity contribution >= 4 is 11.5 Å². The number of rotatable bonds is 6. The zero-order chi connectivity index (χ0) is 15.2. The van der Waals surface area contributed by atoms with Crippen LogP contribution in [0.15, 0.2) is 30.6 Å². The Morgan fingerprint density at radius 1 is 1.29 bits per heavy atom. The van der Waals surface area contributed by atoms with Crippen molar-refractivity contribution in [3.63, 3.8) is 0 Å². The number of hydrogen-bond acceptors (Lipinski definition) is 5. The van der Waals surface area contributed by atoms with Gasteiger partial charge in [-0.1, -0.05) is 19.8 Å². The minimum absolute atomic E-state index is 0.0238. The number of nitrogen functional groups attached to an aromatic ring is 1. The van der Waals surface area contributed by atoms with Gasteiger partial charge in [0.15, 0.2) is 0 Å². The number of aryl methyl sites for hydroxylation is 1. The first-order valence-electron chi connectivity index (χ1n) is 6.97. The molecule has 0 aliphatic carbocycles. The minimum atomic E-state index is -0.497. The normalized spacial score (nSPS) is 10.5. The van der Waals surface area contributed by atoms with Crippen molar-refractivity contribution in [2.45, 2.75) is 32.6 Å². The van der Waals surface area contributed by atoms with Gasteiger partial charge in [-0.2, -0.15) is 0 Å². The SMILES string of the molecule is CCCCCc1nc(N)c([N+](=O)[O-])cc1-c1ccncc1. The highest BCUT2D eigenvalue weighted by Gasteiger charge is 2.18. The lowest BCUT2D eigenvalue weighted by Gasteiger charge is -2.10. The molecule has 0 fully saturated rings. The molecule has 2 rings (SSSR count). The Bertz CT molecular complexity index is 629. The van der Waals surface area contributed by atoms with Crippen molar-refractivity contribution in [1.82, 2.24) is 9.97 Å². The van der Waals surface area contributed by atoms with Crippen molar-refractivity contribution in [2.24, 2.45) is 0 Å². The van der Waals surface area contributed by atoms with E-state index < -0.39 is 4.92 Å². The molecule has 110 valence electrons. The van der Waals surface area contributed by atoms with Crippen molar-refractivity contribution in [1.29, 1.82) is 0 Å². The van der Waals surface area contributed by atoms with Gasteiger partial charge < -0.3 is 5.73 Å². The number of aromatic nitrogens is 2. The van der Waals surface area contributed by atoms with E-state index in [0.717, 1.165) is 42.5 Å². The molecule has 0 atom stereocenters. The molecule has 0 radical (unpaired) electrons. The standard InChI is InChI=1S/C15H18N4O2/c1-2-3-4-5-13-12(11-6-8-17-9-7-11)10-14(19(20)21)15(16)18-13/h6-10H,2-5H2,1H3,(H2,16,18). The van der Waals surface area contributed by atoms with E-state index in [1.807, 2.05) is 12.1 Å². The van der Waals surface area contributed by atoms with Gasteiger partial charge in [-0.05, 0) is 30.5 Å². The Balaban J connectivity index is 2.47. The van der Waals surface area contributed by atoms with Gasteiger partial charge in [0.1, 0.15) is 0 Å².